The highest BCUT2D eigenvalue weighted by molar-refractivity contribution is 5.96. The Kier molecular flexibility index (Phi) is 8.86. The van der Waals surface area contributed by atoms with Crippen LogP contribution in [-0.2, 0) is 9.53 Å². The average molecular weight is 428 g/mol. The number of benzene rings is 1. The maximum absolute atomic E-state index is 13.8. The standard InChI is InChI=1S/C27H41NO3/c1-5-7-18-31-25-16-17-26(21(4)19-25)28(23-12-14-24(15-13-23)30-6-2)27(29)22-10-8-20(3)9-11-22/h6,16-17,19-20,22-24H,2,5,7-15,18H2,1,3-4H3. The molecule has 0 bridgehead atoms. The molecule has 0 radical (unpaired) electrons. The number of rotatable bonds is 9. The van der Waals surface area contributed by atoms with Gasteiger partial charge in [-0.25, -0.2) is 0 Å². The van der Waals surface area contributed by atoms with Crippen LogP contribution >= 0.6 is 0 Å². The summed E-state index contributed by atoms with van der Waals surface area (Å²) in [4.78, 5) is 16.0. The molecule has 4 nitrogen and oxygen atoms in total. The van der Waals surface area contributed by atoms with Crippen LogP contribution in [0, 0.1) is 18.8 Å². The molecule has 0 heterocycles. The van der Waals surface area contributed by atoms with E-state index in [4.69, 9.17) is 9.47 Å². The third-order valence-electron chi connectivity index (χ3n) is 7.09. The van der Waals surface area contributed by atoms with E-state index >= 15 is 0 Å². The van der Waals surface area contributed by atoms with E-state index in [0.717, 1.165) is 93.7 Å². The maximum Gasteiger partial charge on any atom is 0.230 e. The fourth-order valence-electron chi connectivity index (χ4n) is 5.10. The smallest absolute Gasteiger partial charge is 0.230 e. The van der Waals surface area contributed by atoms with Gasteiger partial charge in [-0.1, -0.05) is 26.8 Å². The van der Waals surface area contributed by atoms with Crippen LogP contribution in [0.1, 0.15) is 83.6 Å². The van der Waals surface area contributed by atoms with Gasteiger partial charge in [0, 0.05) is 17.6 Å². The van der Waals surface area contributed by atoms with Gasteiger partial charge in [0.15, 0.2) is 0 Å². The second-order valence-electron chi connectivity index (χ2n) is 9.55. The van der Waals surface area contributed by atoms with Gasteiger partial charge in [0.25, 0.3) is 0 Å². The van der Waals surface area contributed by atoms with E-state index in [1.165, 1.54) is 0 Å². The SMILES string of the molecule is C=COC1CCC(N(C(=O)C2CCC(C)CC2)c2ccc(OCCCC)cc2C)CC1. The zero-order chi connectivity index (χ0) is 22.2. The molecule has 0 unspecified atom stereocenters. The van der Waals surface area contributed by atoms with Crippen molar-refractivity contribution >= 4 is 11.6 Å². The first-order valence-electron chi connectivity index (χ1n) is 12.4. The number of carbonyl (C=O) groups is 1. The van der Waals surface area contributed by atoms with Crippen LogP contribution in [-0.4, -0.2) is 24.7 Å². The number of nitrogens with zero attached hydrogens (tertiary/aromatic N) is 1. The molecule has 1 amide bonds. The Bertz CT molecular complexity index is 715. The second kappa shape index (κ2) is 11.6. The minimum Gasteiger partial charge on any atom is -0.499 e. The Morgan fingerprint density at radius 2 is 1.84 bits per heavy atom. The van der Waals surface area contributed by atoms with Crippen LogP contribution in [0.15, 0.2) is 31.0 Å². The summed E-state index contributed by atoms with van der Waals surface area (Å²) in [5.74, 6) is 2.11. The van der Waals surface area contributed by atoms with E-state index in [-0.39, 0.29) is 18.1 Å². The first-order chi connectivity index (χ1) is 15.0. The van der Waals surface area contributed by atoms with Crippen molar-refractivity contribution in [3.8, 4) is 5.75 Å². The Hall–Kier alpha value is -1.97. The van der Waals surface area contributed by atoms with Crippen molar-refractivity contribution in [2.24, 2.45) is 11.8 Å². The van der Waals surface area contributed by atoms with Gasteiger partial charge < -0.3 is 14.4 Å². The predicted octanol–water partition coefficient (Wildman–Crippen LogP) is 6.80. The van der Waals surface area contributed by atoms with Gasteiger partial charge in [-0.05, 0) is 94.4 Å². The summed E-state index contributed by atoms with van der Waals surface area (Å²) in [6, 6.07) is 6.47. The first kappa shape index (κ1) is 23.7. The van der Waals surface area contributed by atoms with Crippen LogP contribution in [0.5, 0.6) is 5.75 Å². The van der Waals surface area contributed by atoms with Crippen molar-refractivity contribution in [3.63, 3.8) is 0 Å². The molecule has 1 aromatic carbocycles. The van der Waals surface area contributed by atoms with Gasteiger partial charge in [-0.3, -0.25) is 4.79 Å². The van der Waals surface area contributed by atoms with Crippen molar-refractivity contribution in [2.75, 3.05) is 11.5 Å². The van der Waals surface area contributed by atoms with Crippen LogP contribution < -0.4 is 9.64 Å². The van der Waals surface area contributed by atoms with E-state index in [9.17, 15) is 4.79 Å². The second-order valence-corrected chi connectivity index (χ2v) is 9.55. The van der Waals surface area contributed by atoms with E-state index in [2.05, 4.69) is 44.4 Å². The molecular weight excluding hydrogens is 386 g/mol. The van der Waals surface area contributed by atoms with E-state index in [1.54, 1.807) is 6.26 Å². The zero-order valence-electron chi connectivity index (χ0n) is 19.8. The molecule has 0 atom stereocenters. The maximum atomic E-state index is 13.8. The minimum atomic E-state index is 0.151. The van der Waals surface area contributed by atoms with Crippen molar-refractivity contribution in [1.82, 2.24) is 0 Å². The highest BCUT2D eigenvalue weighted by atomic mass is 16.5. The molecule has 0 aromatic heterocycles. The number of aryl methyl sites for hydroxylation is 1. The molecule has 2 aliphatic rings. The third kappa shape index (κ3) is 6.27. The molecule has 0 saturated heterocycles. The van der Waals surface area contributed by atoms with Crippen LogP contribution in [0.4, 0.5) is 5.69 Å². The third-order valence-corrected chi connectivity index (χ3v) is 7.09. The summed E-state index contributed by atoms with van der Waals surface area (Å²) < 4.78 is 11.5. The summed E-state index contributed by atoms with van der Waals surface area (Å²) >= 11 is 0. The van der Waals surface area contributed by atoms with E-state index < -0.39 is 0 Å². The highest BCUT2D eigenvalue weighted by Gasteiger charge is 2.35. The topological polar surface area (TPSA) is 38.8 Å². The molecule has 31 heavy (non-hydrogen) atoms. The van der Waals surface area contributed by atoms with Crippen LogP contribution in [0.3, 0.4) is 0 Å². The number of hydrogen-bond donors (Lipinski definition) is 0. The molecule has 0 spiro atoms. The summed E-state index contributed by atoms with van der Waals surface area (Å²) in [5.41, 5.74) is 2.18. The molecule has 0 N–H and O–H groups in total. The molecule has 2 fully saturated rings. The number of anilines is 1. The van der Waals surface area contributed by atoms with Crippen molar-refractivity contribution in [2.45, 2.75) is 97.1 Å². The first-order valence-corrected chi connectivity index (χ1v) is 12.4. The molecule has 3 rings (SSSR count). The Morgan fingerprint density at radius 3 is 2.45 bits per heavy atom. The van der Waals surface area contributed by atoms with Gasteiger partial charge in [0.05, 0.1) is 19.0 Å². The number of ether oxygens (including phenoxy) is 2. The number of amides is 1. The summed E-state index contributed by atoms with van der Waals surface area (Å²) in [6.45, 7) is 11.0. The van der Waals surface area contributed by atoms with Gasteiger partial charge in [0.1, 0.15) is 5.75 Å². The normalized spacial score (nSPS) is 26.2. The summed E-state index contributed by atoms with van der Waals surface area (Å²) in [6.07, 6.45) is 12.2. The van der Waals surface area contributed by atoms with E-state index in [0.29, 0.717) is 5.91 Å². The quantitative estimate of drug-likeness (QED) is 0.321. The van der Waals surface area contributed by atoms with Gasteiger partial charge in [0.2, 0.25) is 5.91 Å². The lowest BCUT2D eigenvalue weighted by Gasteiger charge is -2.40. The van der Waals surface area contributed by atoms with Crippen molar-refractivity contribution < 1.29 is 14.3 Å². The molecule has 2 aliphatic carbocycles. The van der Waals surface area contributed by atoms with Crippen molar-refractivity contribution in [3.05, 3.63) is 36.6 Å². The lowest BCUT2D eigenvalue weighted by Crippen LogP contribution is -2.47. The van der Waals surface area contributed by atoms with Gasteiger partial charge >= 0.3 is 0 Å². The lowest BCUT2D eigenvalue weighted by atomic mass is 9.81. The number of hydrogen-bond acceptors (Lipinski definition) is 3. The fraction of sp³-hybridized carbons (Fsp3) is 0.667. The predicted molar refractivity (Wildman–Crippen MR) is 128 cm³/mol. The Balaban J connectivity index is 1.80. The molecule has 2 saturated carbocycles. The largest absolute Gasteiger partial charge is 0.499 e. The highest BCUT2D eigenvalue weighted by Crippen LogP contribution is 2.37. The lowest BCUT2D eigenvalue weighted by molar-refractivity contribution is -0.124. The van der Waals surface area contributed by atoms with Gasteiger partial charge in [-0.2, -0.15) is 0 Å². The van der Waals surface area contributed by atoms with E-state index in [1.807, 2.05) is 6.07 Å². The van der Waals surface area contributed by atoms with Crippen LogP contribution in [0.25, 0.3) is 0 Å². The Morgan fingerprint density at radius 1 is 1.13 bits per heavy atom. The average Bonchev–Trinajstić information content (AvgIpc) is 2.77. The molecular formula is C27H41NO3. The molecule has 172 valence electrons. The monoisotopic (exact) mass is 427 g/mol. The minimum absolute atomic E-state index is 0.151. The zero-order valence-corrected chi connectivity index (χ0v) is 19.8. The Labute approximate surface area is 189 Å². The van der Waals surface area contributed by atoms with Crippen LogP contribution in [0.2, 0.25) is 0 Å². The summed E-state index contributed by atoms with van der Waals surface area (Å²) in [5, 5.41) is 0. The fourth-order valence-corrected chi connectivity index (χ4v) is 5.10. The molecule has 4 heteroatoms. The van der Waals surface area contributed by atoms with Gasteiger partial charge in [-0.15, -0.1) is 0 Å². The summed E-state index contributed by atoms with van der Waals surface area (Å²) in [7, 11) is 0. The molecule has 1 aromatic rings. The molecule has 0 aliphatic heterocycles. The number of unbranched alkanes of at least 4 members (excludes halogenated alkanes) is 1. The number of carbonyl (C=O) groups excluding carboxylic acids is 1. The van der Waals surface area contributed by atoms with Crippen molar-refractivity contribution in [1.29, 1.82) is 0 Å².